The van der Waals surface area contributed by atoms with Crippen molar-refractivity contribution in [1.29, 1.82) is 0 Å². The minimum Gasteiger partial charge on any atom is -0.375 e. The standard InChI is InChI=1S/C7H8BrNO/c8-6-3-1-2-5(4-6)7(9)10/h1-4,7,10H,9H2. The highest BCUT2D eigenvalue weighted by molar-refractivity contribution is 9.10. The van der Waals surface area contributed by atoms with Gasteiger partial charge in [0.15, 0.2) is 0 Å². The maximum atomic E-state index is 8.91. The zero-order valence-electron chi connectivity index (χ0n) is 5.29. The lowest BCUT2D eigenvalue weighted by atomic mass is 10.2. The molecule has 0 saturated heterocycles. The SMILES string of the molecule is NC(O)c1cccc(Br)c1. The summed E-state index contributed by atoms with van der Waals surface area (Å²) in [5.41, 5.74) is 5.93. The van der Waals surface area contributed by atoms with Crippen LogP contribution in [0.25, 0.3) is 0 Å². The van der Waals surface area contributed by atoms with Gasteiger partial charge in [0.05, 0.1) is 0 Å². The van der Waals surface area contributed by atoms with Gasteiger partial charge in [-0.15, -0.1) is 0 Å². The van der Waals surface area contributed by atoms with Crippen LogP contribution in [-0.2, 0) is 0 Å². The van der Waals surface area contributed by atoms with Gasteiger partial charge in [0, 0.05) is 4.47 Å². The van der Waals surface area contributed by atoms with Gasteiger partial charge in [-0.1, -0.05) is 28.1 Å². The predicted molar refractivity (Wildman–Crippen MR) is 43.3 cm³/mol. The molecule has 0 amide bonds. The average molecular weight is 202 g/mol. The molecule has 0 spiro atoms. The fourth-order valence-corrected chi connectivity index (χ4v) is 1.11. The molecule has 2 nitrogen and oxygen atoms in total. The molecule has 3 N–H and O–H groups in total. The lowest BCUT2D eigenvalue weighted by Crippen LogP contribution is -2.07. The molecule has 10 heavy (non-hydrogen) atoms. The fourth-order valence-electron chi connectivity index (χ4n) is 0.691. The van der Waals surface area contributed by atoms with Gasteiger partial charge in [-0.25, -0.2) is 0 Å². The summed E-state index contributed by atoms with van der Waals surface area (Å²) in [5.74, 6) is 0. The number of hydrogen-bond donors (Lipinski definition) is 2. The normalized spacial score (nSPS) is 13.1. The molecule has 1 aromatic carbocycles. The van der Waals surface area contributed by atoms with Crippen LogP contribution in [0, 0.1) is 0 Å². The van der Waals surface area contributed by atoms with E-state index in [1.54, 1.807) is 12.1 Å². The monoisotopic (exact) mass is 201 g/mol. The van der Waals surface area contributed by atoms with E-state index in [-0.39, 0.29) is 0 Å². The third-order valence-corrected chi connectivity index (χ3v) is 1.68. The maximum Gasteiger partial charge on any atom is 0.128 e. The predicted octanol–water partition coefficient (Wildman–Crippen LogP) is 1.40. The Hall–Kier alpha value is -0.380. The second-order valence-electron chi connectivity index (χ2n) is 2.00. The molecule has 0 aliphatic rings. The van der Waals surface area contributed by atoms with Crippen molar-refractivity contribution < 1.29 is 5.11 Å². The molecular formula is C7H8BrNO. The molecule has 0 aromatic heterocycles. The Bertz CT molecular complexity index is 225. The number of hydrogen-bond acceptors (Lipinski definition) is 2. The highest BCUT2D eigenvalue weighted by Gasteiger charge is 1.98. The summed E-state index contributed by atoms with van der Waals surface area (Å²) in [6, 6.07) is 7.27. The molecule has 1 rings (SSSR count). The van der Waals surface area contributed by atoms with Crippen molar-refractivity contribution in [3.8, 4) is 0 Å². The summed E-state index contributed by atoms with van der Waals surface area (Å²) in [5, 5.41) is 8.91. The van der Waals surface area contributed by atoms with E-state index in [1.165, 1.54) is 0 Å². The highest BCUT2D eigenvalue weighted by Crippen LogP contribution is 2.14. The van der Waals surface area contributed by atoms with Crippen LogP contribution in [0.2, 0.25) is 0 Å². The van der Waals surface area contributed by atoms with Crippen LogP contribution in [0.3, 0.4) is 0 Å². The van der Waals surface area contributed by atoms with Crippen molar-refractivity contribution in [2.45, 2.75) is 6.23 Å². The Balaban J connectivity index is 2.96. The van der Waals surface area contributed by atoms with E-state index in [2.05, 4.69) is 15.9 Å². The Labute approximate surface area is 67.8 Å². The molecule has 1 atom stereocenters. The van der Waals surface area contributed by atoms with Gasteiger partial charge in [-0.2, -0.15) is 0 Å². The fraction of sp³-hybridized carbons (Fsp3) is 0.143. The van der Waals surface area contributed by atoms with Gasteiger partial charge in [0.25, 0.3) is 0 Å². The molecule has 0 aliphatic carbocycles. The first-order valence-electron chi connectivity index (χ1n) is 2.89. The quantitative estimate of drug-likeness (QED) is 0.676. The minimum absolute atomic E-state index is 0.717. The van der Waals surface area contributed by atoms with Crippen molar-refractivity contribution in [3.63, 3.8) is 0 Å². The number of aliphatic hydroxyl groups is 1. The molecule has 0 saturated carbocycles. The van der Waals surface area contributed by atoms with Gasteiger partial charge in [0.1, 0.15) is 6.23 Å². The molecule has 0 heterocycles. The zero-order valence-corrected chi connectivity index (χ0v) is 6.88. The lowest BCUT2D eigenvalue weighted by Gasteiger charge is -2.03. The summed E-state index contributed by atoms with van der Waals surface area (Å²) in [4.78, 5) is 0. The summed E-state index contributed by atoms with van der Waals surface area (Å²) < 4.78 is 0.925. The van der Waals surface area contributed by atoms with E-state index >= 15 is 0 Å². The van der Waals surface area contributed by atoms with Gasteiger partial charge in [-0.05, 0) is 17.7 Å². The summed E-state index contributed by atoms with van der Waals surface area (Å²) >= 11 is 3.26. The second kappa shape index (κ2) is 3.14. The average Bonchev–Trinajstić information content (AvgIpc) is 1.88. The topological polar surface area (TPSA) is 46.2 Å². The Kier molecular flexibility index (Phi) is 2.43. The van der Waals surface area contributed by atoms with Crippen LogP contribution in [-0.4, -0.2) is 5.11 Å². The van der Waals surface area contributed by atoms with E-state index in [4.69, 9.17) is 10.8 Å². The highest BCUT2D eigenvalue weighted by atomic mass is 79.9. The van der Waals surface area contributed by atoms with Crippen molar-refractivity contribution in [2.24, 2.45) is 5.73 Å². The molecule has 0 radical (unpaired) electrons. The Morgan fingerprint density at radius 2 is 2.20 bits per heavy atom. The van der Waals surface area contributed by atoms with Gasteiger partial charge < -0.3 is 10.8 Å². The third kappa shape index (κ3) is 1.80. The first-order valence-corrected chi connectivity index (χ1v) is 3.68. The Morgan fingerprint density at radius 1 is 1.50 bits per heavy atom. The third-order valence-electron chi connectivity index (χ3n) is 1.19. The number of rotatable bonds is 1. The van der Waals surface area contributed by atoms with Gasteiger partial charge >= 0.3 is 0 Å². The number of halogens is 1. The Morgan fingerprint density at radius 3 is 2.60 bits per heavy atom. The van der Waals surface area contributed by atoms with E-state index < -0.39 is 6.23 Å². The van der Waals surface area contributed by atoms with Crippen molar-refractivity contribution in [2.75, 3.05) is 0 Å². The van der Waals surface area contributed by atoms with E-state index in [9.17, 15) is 0 Å². The molecule has 3 heteroatoms. The summed E-state index contributed by atoms with van der Waals surface area (Å²) in [6.07, 6.45) is -0.877. The van der Waals surface area contributed by atoms with Crippen molar-refractivity contribution >= 4 is 15.9 Å². The number of benzene rings is 1. The zero-order chi connectivity index (χ0) is 7.56. The van der Waals surface area contributed by atoms with E-state index in [0.717, 1.165) is 10.0 Å². The van der Waals surface area contributed by atoms with Crippen LogP contribution >= 0.6 is 15.9 Å². The van der Waals surface area contributed by atoms with Crippen molar-refractivity contribution in [3.05, 3.63) is 34.3 Å². The molecule has 54 valence electrons. The van der Waals surface area contributed by atoms with Crippen molar-refractivity contribution in [1.82, 2.24) is 0 Å². The molecular weight excluding hydrogens is 194 g/mol. The largest absolute Gasteiger partial charge is 0.375 e. The van der Waals surface area contributed by atoms with Gasteiger partial charge in [-0.3, -0.25) is 0 Å². The minimum atomic E-state index is -0.877. The van der Waals surface area contributed by atoms with Crippen LogP contribution in [0.4, 0.5) is 0 Å². The first kappa shape index (κ1) is 7.72. The lowest BCUT2D eigenvalue weighted by molar-refractivity contribution is 0.186. The summed E-state index contributed by atoms with van der Waals surface area (Å²) in [7, 11) is 0. The van der Waals surface area contributed by atoms with Gasteiger partial charge in [0.2, 0.25) is 0 Å². The molecule has 0 fully saturated rings. The van der Waals surface area contributed by atoms with Crippen LogP contribution in [0.5, 0.6) is 0 Å². The summed E-state index contributed by atoms with van der Waals surface area (Å²) in [6.45, 7) is 0. The molecule has 1 unspecified atom stereocenters. The maximum absolute atomic E-state index is 8.91. The molecule has 1 aromatic rings. The number of aliphatic hydroxyl groups excluding tert-OH is 1. The second-order valence-corrected chi connectivity index (χ2v) is 2.92. The number of nitrogens with two attached hydrogens (primary N) is 1. The first-order chi connectivity index (χ1) is 4.70. The molecule has 0 aliphatic heterocycles. The smallest absolute Gasteiger partial charge is 0.128 e. The van der Waals surface area contributed by atoms with Crippen LogP contribution in [0.1, 0.15) is 11.8 Å². The van der Waals surface area contributed by atoms with E-state index in [0.29, 0.717) is 0 Å². The van der Waals surface area contributed by atoms with Crippen LogP contribution in [0.15, 0.2) is 28.7 Å². The molecule has 0 bridgehead atoms. The van der Waals surface area contributed by atoms with Crippen LogP contribution < -0.4 is 5.73 Å². The van der Waals surface area contributed by atoms with E-state index in [1.807, 2.05) is 12.1 Å².